The number of ether oxygens (including phenoxy) is 2. The van der Waals surface area contributed by atoms with E-state index in [2.05, 4.69) is 34.3 Å². The molecule has 5 atom stereocenters. The summed E-state index contributed by atoms with van der Waals surface area (Å²) in [6.45, 7) is 14.6. The van der Waals surface area contributed by atoms with Crippen molar-refractivity contribution in [2.45, 2.75) is 83.7 Å². The summed E-state index contributed by atoms with van der Waals surface area (Å²) in [6.07, 6.45) is 10.5. The van der Waals surface area contributed by atoms with Gasteiger partial charge in [0.05, 0.1) is 17.5 Å². The van der Waals surface area contributed by atoms with E-state index in [4.69, 9.17) is 9.47 Å². The van der Waals surface area contributed by atoms with Crippen LogP contribution in [-0.4, -0.2) is 22.1 Å². The first-order chi connectivity index (χ1) is 10.5. The zero-order valence-corrected chi connectivity index (χ0v) is 15.3. The summed E-state index contributed by atoms with van der Waals surface area (Å²) in [5, 5.41) is 11.8. The lowest BCUT2D eigenvalue weighted by atomic mass is 9.47. The summed E-state index contributed by atoms with van der Waals surface area (Å²) in [5.41, 5.74) is -1.70. The van der Waals surface area contributed by atoms with Crippen LogP contribution in [0.3, 0.4) is 0 Å². The molecule has 0 aromatic rings. The molecule has 0 aromatic carbocycles. The molecule has 5 unspecified atom stereocenters. The topological polar surface area (TPSA) is 38.7 Å². The van der Waals surface area contributed by atoms with Gasteiger partial charge in [-0.05, 0) is 44.1 Å². The van der Waals surface area contributed by atoms with E-state index in [9.17, 15) is 5.11 Å². The van der Waals surface area contributed by atoms with Gasteiger partial charge in [0.25, 0.3) is 0 Å². The van der Waals surface area contributed by atoms with Crippen LogP contribution in [0.4, 0.5) is 0 Å². The molecule has 2 aliphatic heterocycles. The largest absolute Gasteiger partial charge is 0.470 e. The Labute approximate surface area is 140 Å². The summed E-state index contributed by atoms with van der Waals surface area (Å²) in [7, 11) is 0. The quantitative estimate of drug-likeness (QED) is 0.720. The van der Waals surface area contributed by atoms with Crippen LogP contribution in [0.1, 0.15) is 66.7 Å². The van der Waals surface area contributed by atoms with E-state index < -0.39 is 11.4 Å². The van der Waals surface area contributed by atoms with Crippen molar-refractivity contribution in [3.05, 3.63) is 25.0 Å². The highest BCUT2D eigenvalue weighted by Crippen LogP contribution is 2.63. The maximum Gasteiger partial charge on any atom is 0.211 e. The molecule has 1 N–H and O–H groups in total. The normalized spacial score (nSPS) is 51.8. The highest BCUT2D eigenvalue weighted by Gasteiger charge is 2.66. The predicted octanol–water partition coefficient (Wildman–Crippen LogP) is 4.57. The van der Waals surface area contributed by atoms with Crippen molar-refractivity contribution >= 4 is 0 Å². The molecule has 3 nitrogen and oxygen atoms in total. The monoisotopic (exact) mass is 320 g/mol. The van der Waals surface area contributed by atoms with Crippen molar-refractivity contribution in [2.24, 2.45) is 16.7 Å². The Balaban J connectivity index is 2.09. The van der Waals surface area contributed by atoms with Gasteiger partial charge >= 0.3 is 0 Å². The van der Waals surface area contributed by atoms with Crippen LogP contribution in [0.25, 0.3) is 0 Å². The molecule has 1 saturated heterocycles. The number of hydrogen-bond donors (Lipinski definition) is 1. The Bertz CT molecular complexity index is 539. The molecule has 0 radical (unpaired) electrons. The minimum absolute atomic E-state index is 0.141. The third kappa shape index (κ3) is 2.16. The molecule has 0 amide bonds. The molecule has 3 rings (SSSR count). The lowest BCUT2D eigenvalue weighted by Gasteiger charge is -2.61. The second-order valence-electron chi connectivity index (χ2n) is 9.07. The van der Waals surface area contributed by atoms with Crippen molar-refractivity contribution in [1.82, 2.24) is 0 Å². The van der Waals surface area contributed by atoms with Crippen LogP contribution in [0, 0.1) is 16.7 Å². The molecule has 130 valence electrons. The van der Waals surface area contributed by atoms with Crippen LogP contribution in [0.15, 0.2) is 25.0 Å². The Hall–Kier alpha value is -0.800. The van der Waals surface area contributed by atoms with E-state index >= 15 is 0 Å². The van der Waals surface area contributed by atoms with E-state index in [1.54, 1.807) is 6.26 Å². The first-order valence-corrected chi connectivity index (χ1v) is 8.94. The maximum absolute atomic E-state index is 11.8. The Morgan fingerprint density at radius 3 is 2.48 bits per heavy atom. The van der Waals surface area contributed by atoms with E-state index in [0.29, 0.717) is 0 Å². The van der Waals surface area contributed by atoms with E-state index in [0.717, 1.165) is 32.1 Å². The Kier molecular flexibility index (Phi) is 3.60. The summed E-state index contributed by atoms with van der Waals surface area (Å²) in [5.74, 6) is -0.591. The average molecular weight is 320 g/mol. The summed E-state index contributed by atoms with van der Waals surface area (Å²) in [4.78, 5) is 0. The second-order valence-corrected chi connectivity index (χ2v) is 9.07. The lowest BCUT2D eigenvalue weighted by Crippen LogP contribution is -2.65. The zero-order valence-electron chi connectivity index (χ0n) is 15.3. The molecular weight excluding hydrogens is 288 g/mol. The highest BCUT2D eigenvalue weighted by atomic mass is 16.7. The predicted molar refractivity (Wildman–Crippen MR) is 91.7 cm³/mol. The molecule has 2 fully saturated rings. The van der Waals surface area contributed by atoms with Gasteiger partial charge in [0.15, 0.2) is 0 Å². The highest BCUT2D eigenvalue weighted by molar-refractivity contribution is 5.22. The molecule has 3 heteroatoms. The maximum atomic E-state index is 11.8. The van der Waals surface area contributed by atoms with Crippen molar-refractivity contribution in [2.75, 3.05) is 0 Å². The number of rotatable bonds is 1. The van der Waals surface area contributed by atoms with Crippen molar-refractivity contribution < 1.29 is 14.6 Å². The van der Waals surface area contributed by atoms with Crippen LogP contribution in [0.2, 0.25) is 0 Å². The molecule has 3 aliphatic rings. The van der Waals surface area contributed by atoms with Gasteiger partial charge in [-0.25, -0.2) is 0 Å². The third-order valence-electron chi connectivity index (χ3n) is 7.21. The van der Waals surface area contributed by atoms with Crippen molar-refractivity contribution in [1.29, 1.82) is 0 Å². The standard InChI is InChI=1S/C20H32O3/c1-7-17(4)12-9-15-18(5)11-8-10-16(2,3)20(18,21)13-14-22-19(15,6)23-17/h7,13-15,21H,1,8-12H2,2-6H3. The summed E-state index contributed by atoms with van der Waals surface area (Å²) < 4.78 is 12.5. The molecule has 0 aromatic heterocycles. The van der Waals surface area contributed by atoms with Gasteiger partial charge in [0, 0.05) is 18.3 Å². The van der Waals surface area contributed by atoms with Gasteiger partial charge in [0.1, 0.15) is 0 Å². The van der Waals surface area contributed by atoms with E-state index in [1.807, 2.05) is 19.1 Å². The molecular formula is C20H32O3. The first-order valence-electron chi connectivity index (χ1n) is 8.94. The number of aliphatic hydroxyl groups is 1. The Morgan fingerprint density at radius 1 is 1.13 bits per heavy atom. The average Bonchev–Trinajstić information content (AvgIpc) is 2.52. The number of hydrogen-bond acceptors (Lipinski definition) is 3. The van der Waals surface area contributed by atoms with Crippen LogP contribution in [-0.2, 0) is 9.47 Å². The van der Waals surface area contributed by atoms with Crippen LogP contribution >= 0.6 is 0 Å². The third-order valence-corrected chi connectivity index (χ3v) is 7.21. The fraction of sp³-hybridized carbons (Fsp3) is 0.800. The SMILES string of the molecule is C=CC1(C)CCC2C(C)(OC=CC3(O)C(C)(C)CCCC23C)O1. The van der Waals surface area contributed by atoms with E-state index in [1.165, 1.54) is 0 Å². The van der Waals surface area contributed by atoms with E-state index in [-0.39, 0.29) is 22.3 Å². The zero-order chi connectivity index (χ0) is 17.1. The molecule has 0 spiro atoms. The molecule has 1 aliphatic carbocycles. The minimum atomic E-state index is -0.883. The minimum Gasteiger partial charge on any atom is -0.470 e. The molecule has 0 bridgehead atoms. The van der Waals surface area contributed by atoms with Gasteiger partial charge in [-0.3, -0.25) is 0 Å². The fourth-order valence-corrected chi connectivity index (χ4v) is 5.60. The van der Waals surface area contributed by atoms with Crippen molar-refractivity contribution in [3.8, 4) is 0 Å². The van der Waals surface area contributed by atoms with Crippen LogP contribution < -0.4 is 0 Å². The van der Waals surface area contributed by atoms with Gasteiger partial charge in [-0.2, -0.15) is 0 Å². The first kappa shape index (κ1) is 17.0. The Morgan fingerprint density at radius 2 is 1.83 bits per heavy atom. The number of fused-ring (bicyclic) bond motifs is 3. The molecule has 1 saturated carbocycles. The van der Waals surface area contributed by atoms with Gasteiger partial charge < -0.3 is 14.6 Å². The smallest absolute Gasteiger partial charge is 0.211 e. The second kappa shape index (κ2) is 4.86. The van der Waals surface area contributed by atoms with Crippen LogP contribution in [0.5, 0.6) is 0 Å². The molecule has 2 heterocycles. The summed E-state index contributed by atoms with van der Waals surface area (Å²) in [6, 6.07) is 0. The van der Waals surface area contributed by atoms with Gasteiger partial charge in [-0.15, -0.1) is 6.58 Å². The lowest BCUT2D eigenvalue weighted by molar-refractivity contribution is -0.325. The van der Waals surface area contributed by atoms with Gasteiger partial charge in [-0.1, -0.05) is 33.3 Å². The fourth-order valence-electron chi connectivity index (χ4n) is 5.60. The molecule has 23 heavy (non-hydrogen) atoms. The van der Waals surface area contributed by atoms with Crippen molar-refractivity contribution in [3.63, 3.8) is 0 Å². The van der Waals surface area contributed by atoms with Gasteiger partial charge in [0.2, 0.25) is 5.79 Å². The summed E-state index contributed by atoms with van der Waals surface area (Å²) >= 11 is 0.